The van der Waals surface area contributed by atoms with Crippen LogP contribution in [-0.4, -0.2) is 0 Å². The average Bonchev–Trinajstić information content (AvgIpc) is 2.07. The lowest BCUT2D eigenvalue weighted by atomic mass is 10.1. The normalized spacial score (nSPS) is 10.0. The van der Waals surface area contributed by atoms with Gasteiger partial charge in [-0.3, -0.25) is 0 Å². The Bertz CT molecular complexity index is 201. The molecule has 0 saturated carbocycles. The molecular formula is C10H14N. The molecule has 0 aliphatic rings. The van der Waals surface area contributed by atoms with Gasteiger partial charge in [-0.1, -0.05) is 31.2 Å². The SMILES string of the molecule is [CH2]CCc1ccc(CN)cc1. The van der Waals surface area contributed by atoms with Gasteiger partial charge in [0, 0.05) is 6.54 Å². The van der Waals surface area contributed by atoms with Crippen molar-refractivity contribution in [1.82, 2.24) is 0 Å². The monoisotopic (exact) mass is 148 g/mol. The summed E-state index contributed by atoms with van der Waals surface area (Å²) in [6.07, 6.45) is 2.02. The topological polar surface area (TPSA) is 26.0 Å². The van der Waals surface area contributed by atoms with E-state index in [9.17, 15) is 0 Å². The van der Waals surface area contributed by atoms with Gasteiger partial charge in [0.2, 0.25) is 0 Å². The van der Waals surface area contributed by atoms with Crippen LogP contribution in [0.15, 0.2) is 24.3 Å². The van der Waals surface area contributed by atoms with Gasteiger partial charge < -0.3 is 5.73 Å². The molecule has 59 valence electrons. The smallest absolute Gasteiger partial charge is 0.0178 e. The molecule has 1 nitrogen and oxygen atoms in total. The Hall–Kier alpha value is -0.820. The van der Waals surface area contributed by atoms with Crippen LogP contribution in [0.5, 0.6) is 0 Å². The second kappa shape index (κ2) is 4.14. The van der Waals surface area contributed by atoms with Crippen molar-refractivity contribution in [1.29, 1.82) is 0 Å². The Morgan fingerprint density at radius 3 is 2.09 bits per heavy atom. The summed E-state index contributed by atoms with van der Waals surface area (Å²) in [6, 6.07) is 8.39. The molecule has 0 fully saturated rings. The predicted octanol–water partition coefficient (Wildman–Crippen LogP) is 1.91. The molecule has 11 heavy (non-hydrogen) atoms. The standard InChI is InChI=1S/C10H14N/c1-2-3-9-4-6-10(8-11)7-5-9/h4-7H,1-3,8,11H2. The molecule has 0 saturated heterocycles. The summed E-state index contributed by atoms with van der Waals surface area (Å²) in [6.45, 7) is 4.43. The van der Waals surface area contributed by atoms with Crippen LogP contribution in [0, 0.1) is 6.92 Å². The van der Waals surface area contributed by atoms with Gasteiger partial charge in [0.1, 0.15) is 0 Å². The summed E-state index contributed by atoms with van der Waals surface area (Å²) in [5.74, 6) is 0. The molecule has 0 unspecified atom stereocenters. The Morgan fingerprint density at radius 2 is 1.64 bits per heavy atom. The van der Waals surface area contributed by atoms with E-state index in [1.165, 1.54) is 11.1 Å². The molecule has 0 heterocycles. The molecule has 0 atom stereocenters. The molecule has 1 aromatic rings. The minimum atomic E-state index is 0.630. The molecule has 1 radical (unpaired) electrons. The van der Waals surface area contributed by atoms with Crippen LogP contribution in [-0.2, 0) is 13.0 Å². The lowest BCUT2D eigenvalue weighted by molar-refractivity contribution is 0.990. The highest BCUT2D eigenvalue weighted by atomic mass is 14.5. The predicted molar refractivity (Wildman–Crippen MR) is 48.0 cm³/mol. The van der Waals surface area contributed by atoms with Gasteiger partial charge in [-0.2, -0.15) is 0 Å². The van der Waals surface area contributed by atoms with E-state index in [1.54, 1.807) is 0 Å². The van der Waals surface area contributed by atoms with Gasteiger partial charge in [-0.25, -0.2) is 0 Å². The Balaban J connectivity index is 2.66. The minimum Gasteiger partial charge on any atom is -0.326 e. The number of benzene rings is 1. The Morgan fingerprint density at radius 1 is 1.09 bits per heavy atom. The molecule has 1 aromatic carbocycles. The maximum absolute atomic E-state index is 5.46. The lowest BCUT2D eigenvalue weighted by Gasteiger charge is -1.99. The fourth-order valence-corrected chi connectivity index (χ4v) is 1.05. The van der Waals surface area contributed by atoms with Crippen molar-refractivity contribution in [3.05, 3.63) is 42.3 Å². The van der Waals surface area contributed by atoms with Crippen LogP contribution >= 0.6 is 0 Å². The molecular weight excluding hydrogens is 134 g/mol. The van der Waals surface area contributed by atoms with Gasteiger partial charge in [-0.05, 0) is 24.0 Å². The quantitative estimate of drug-likeness (QED) is 0.696. The molecule has 1 rings (SSSR count). The molecule has 0 amide bonds. The molecule has 0 aliphatic carbocycles. The van der Waals surface area contributed by atoms with Crippen LogP contribution in [0.3, 0.4) is 0 Å². The highest BCUT2D eigenvalue weighted by molar-refractivity contribution is 5.22. The zero-order chi connectivity index (χ0) is 8.10. The van der Waals surface area contributed by atoms with E-state index in [4.69, 9.17) is 5.73 Å². The van der Waals surface area contributed by atoms with Crippen LogP contribution < -0.4 is 5.73 Å². The van der Waals surface area contributed by atoms with Crippen molar-refractivity contribution in [3.63, 3.8) is 0 Å². The number of hydrogen-bond donors (Lipinski definition) is 1. The Kier molecular flexibility index (Phi) is 3.12. The molecule has 2 N–H and O–H groups in total. The van der Waals surface area contributed by atoms with E-state index in [0.717, 1.165) is 12.8 Å². The van der Waals surface area contributed by atoms with Gasteiger partial charge >= 0.3 is 0 Å². The van der Waals surface area contributed by atoms with Crippen LogP contribution in [0.25, 0.3) is 0 Å². The number of rotatable bonds is 3. The van der Waals surface area contributed by atoms with Crippen LogP contribution in [0.4, 0.5) is 0 Å². The number of aryl methyl sites for hydroxylation is 1. The molecule has 0 bridgehead atoms. The lowest BCUT2D eigenvalue weighted by Crippen LogP contribution is -1.95. The highest BCUT2D eigenvalue weighted by Crippen LogP contribution is 2.05. The number of hydrogen-bond acceptors (Lipinski definition) is 1. The second-order valence-electron chi connectivity index (χ2n) is 2.62. The zero-order valence-electron chi connectivity index (χ0n) is 6.72. The minimum absolute atomic E-state index is 0.630. The molecule has 1 heteroatoms. The summed E-state index contributed by atoms with van der Waals surface area (Å²) in [7, 11) is 0. The second-order valence-corrected chi connectivity index (χ2v) is 2.62. The van der Waals surface area contributed by atoms with Crippen molar-refractivity contribution in [2.45, 2.75) is 19.4 Å². The third kappa shape index (κ3) is 2.35. The molecule has 0 aromatic heterocycles. The largest absolute Gasteiger partial charge is 0.326 e. The van der Waals surface area contributed by atoms with Crippen molar-refractivity contribution >= 4 is 0 Å². The van der Waals surface area contributed by atoms with E-state index < -0.39 is 0 Å². The summed E-state index contributed by atoms with van der Waals surface area (Å²) in [4.78, 5) is 0. The Labute approximate surface area is 68.2 Å². The van der Waals surface area contributed by atoms with Crippen LogP contribution in [0.1, 0.15) is 17.5 Å². The van der Waals surface area contributed by atoms with Crippen molar-refractivity contribution in [2.24, 2.45) is 5.73 Å². The molecule has 0 aliphatic heterocycles. The van der Waals surface area contributed by atoms with E-state index in [2.05, 4.69) is 31.2 Å². The van der Waals surface area contributed by atoms with Crippen LogP contribution in [0.2, 0.25) is 0 Å². The summed E-state index contributed by atoms with van der Waals surface area (Å²) in [5.41, 5.74) is 8.00. The maximum Gasteiger partial charge on any atom is 0.0178 e. The summed E-state index contributed by atoms with van der Waals surface area (Å²) < 4.78 is 0. The van der Waals surface area contributed by atoms with E-state index >= 15 is 0 Å². The molecule has 0 spiro atoms. The van der Waals surface area contributed by atoms with E-state index in [0.29, 0.717) is 6.54 Å². The first-order valence-electron chi connectivity index (χ1n) is 3.94. The average molecular weight is 148 g/mol. The number of nitrogens with two attached hydrogens (primary N) is 1. The third-order valence-corrected chi connectivity index (χ3v) is 1.72. The van der Waals surface area contributed by atoms with Crippen molar-refractivity contribution in [3.8, 4) is 0 Å². The zero-order valence-corrected chi connectivity index (χ0v) is 6.72. The van der Waals surface area contributed by atoms with E-state index in [1.807, 2.05) is 0 Å². The van der Waals surface area contributed by atoms with Gasteiger partial charge in [0.05, 0.1) is 0 Å². The summed E-state index contributed by atoms with van der Waals surface area (Å²) in [5, 5.41) is 0. The highest BCUT2D eigenvalue weighted by Gasteiger charge is 1.90. The maximum atomic E-state index is 5.46. The van der Waals surface area contributed by atoms with Crippen molar-refractivity contribution < 1.29 is 0 Å². The first-order chi connectivity index (χ1) is 5.36. The first kappa shape index (κ1) is 8.28. The first-order valence-corrected chi connectivity index (χ1v) is 3.94. The van der Waals surface area contributed by atoms with Crippen molar-refractivity contribution in [2.75, 3.05) is 0 Å². The fourth-order valence-electron chi connectivity index (χ4n) is 1.05. The third-order valence-electron chi connectivity index (χ3n) is 1.72. The summed E-state index contributed by atoms with van der Waals surface area (Å²) >= 11 is 0. The fraction of sp³-hybridized carbons (Fsp3) is 0.300. The van der Waals surface area contributed by atoms with E-state index in [-0.39, 0.29) is 0 Å². The van der Waals surface area contributed by atoms with Gasteiger partial charge in [0.25, 0.3) is 0 Å². The van der Waals surface area contributed by atoms with Gasteiger partial charge in [-0.15, -0.1) is 0 Å². The van der Waals surface area contributed by atoms with Gasteiger partial charge in [0.15, 0.2) is 0 Å².